The quantitative estimate of drug-likeness (QED) is 0.783. The van der Waals surface area contributed by atoms with Crippen molar-refractivity contribution in [1.82, 2.24) is 9.80 Å². The molecular formula is C22H29N3. The second kappa shape index (κ2) is 6.11. The summed E-state index contributed by atoms with van der Waals surface area (Å²) >= 11 is 0. The molecule has 4 aliphatic heterocycles. The fourth-order valence-electron chi connectivity index (χ4n) is 6.57. The number of fused-ring (bicyclic) bond motifs is 6. The topological polar surface area (TPSA) is 30.3 Å². The maximum atomic E-state index is 10.3. The van der Waals surface area contributed by atoms with Gasteiger partial charge in [-0.1, -0.05) is 36.8 Å². The largest absolute Gasteiger partial charge is 0.300 e. The highest BCUT2D eigenvalue weighted by Gasteiger charge is 2.54. The van der Waals surface area contributed by atoms with Crippen LogP contribution in [-0.4, -0.2) is 41.5 Å². The number of nitrogens with zero attached hydrogens (tertiary/aromatic N) is 3. The number of benzene rings is 1. The molecule has 2 bridgehead atoms. The molecule has 5 atom stereocenters. The highest BCUT2D eigenvalue weighted by molar-refractivity contribution is 5.33. The summed E-state index contributed by atoms with van der Waals surface area (Å²) in [6.07, 6.45) is 9.03. The monoisotopic (exact) mass is 335 g/mol. The highest BCUT2D eigenvalue weighted by Crippen LogP contribution is 2.49. The van der Waals surface area contributed by atoms with Gasteiger partial charge in [-0.3, -0.25) is 9.80 Å². The maximum absolute atomic E-state index is 10.3. The maximum Gasteiger partial charge on any atom is 0.135 e. The fraction of sp³-hybridized carbons (Fsp3) is 0.682. The number of hydrogen-bond donors (Lipinski definition) is 0. The van der Waals surface area contributed by atoms with Gasteiger partial charge in [0.25, 0.3) is 0 Å². The lowest BCUT2D eigenvalue weighted by Gasteiger charge is -2.60. The molecule has 4 aliphatic rings. The summed E-state index contributed by atoms with van der Waals surface area (Å²) < 4.78 is 0. The van der Waals surface area contributed by atoms with Crippen LogP contribution in [0.3, 0.4) is 0 Å². The molecule has 5 rings (SSSR count). The first-order chi connectivity index (χ1) is 12.3. The van der Waals surface area contributed by atoms with Crippen molar-refractivity contribution >= 4 is 0 Å². The molecule has 0 radical (unpaired) electrons. The smallest absolute Gasteiger partial charge is 0.135 e. The van der Waals surface area contributed by atoms with Gasteiger partial charge in [0.1, 0.15) is 5.54 Å². The Morgan fingerprint density at radius 2 is 1.76 bits per heavy atom. The minimum absolute atomic E-state index is 0.391. The molecule has 1 aromatic rings. The van der Waals surface area contributed by atoms with Crippen molar-refractivity contribution in [1.29, 1.82) is 5.26 Å². The van der Waals surface area contributed by atoms with Crippen LogP contribution in [0.15, 0.2) is 30.3 Å². The first-order valence-corrected chi connectivity index (χ1v) is 10.3. The fourth-order valence-corrected chi connectivity index (χ4v) is 6.57. The minimum Gasteiger partial charge on any atom is -0.300 e. The van der Waals surface area contributed by atoms with Crippen molar-refractivity contribution in [3.63, 3.8) is 0 Å². The van der Waals surface area contributed by atoms with E-state index in [1.165, 1.54) is 57.2 Å². The van der Waals surface area contributed by atoms with Gasteiger partial charge in [0.2, 0.25) is 0 Å². The van der Waals surface area contributed by atoms with E-state index in [9.17, 15) is 5.26 Å². The zero-order chi connectivity index (χ0) is 16.9. The predicted octanol–water partition coefficient (Wildman–Crippen LogP) is 3.76. The van der Waals surface area contributed by atoms with Crippen LogP contribution in [0.1, 0.15) is 50.5 Å². The molecule has 3 heteroatoms. The summed E-state index contributed by atoms with van der Waals surface area (Å²) in [6, 6.07) is 14.8. The van der Waals surface area contributed by atoms with Gasteiger partial charge in [0, 0.05) is 25.2 Å². The van der Waals surface area contributed by atoms with E-state index in [1.807, 2.05) is 0 Å². The SMILES string of the molecule is N#C[C@@]1(c2ccccc2)CCC[C@@H]2[C@H]3C[C@@H](CN21)[C@@H]1CCCCN1C3. The Bertz CT molecular complexity index is 666. The van der Waals surface area contributed by atoms with Gasteiger partial charge in [-0.15, -0.1) is 0 Å². The van der Waals surface area contributed by atoms with Gasteiger partial charge in [-0.2, -0.15) is 5.26 Å². The molecule has 0 aromatic heterocycles. The van der Waals surface area contributed by atoms with E-state index >= 15 is 0 Å². The molecule has 4 fully saturated rings. The van der Waals surface area contributed by atoms with Crippen molar-refractivity contribution in [3.05, 3.63) is 35.9 Å². The normalized spacial score (nSPS) is 41.4. The first kappa shape index (κ1) is 15.9. The Balaban J connectivity index is 1.52. The summed E-state index contributed by atoms with van der Waals surface area (Å²) in [6.45, 7) is 3.72. The van der Waals surface area contributed by atoms with E-state index in [2.05, 4.69) is 46.2 Å². The van der Waals surface area contributed by atoms with E-state index in [-0.39, 0.29) is 0 Å². The Kier molecular flexibility index (Phi) is 3.87. The Labute approximate surface area is 151 Å². The van der Waals surface area contributed by atoms with Crippen molar-refractivity contribution in [2.75, 3.05) is 19.6 Å². The van der Waals surface area contributed by atoms with E-state index in [4.69, 9.17) is 0 Å². The van der Waals surface area contributed by atoms with Gasteiger partial charge in [-0.05, 0) is 62.5 Å². The molecule has 4 heterocycles. The zero-order valence-corrected chi connectivity index (χ0v) is 15.1. The van der Waals surface area contributed by atoms with Crippen LogP contribution in [0, 0.1) is 23.2 Å². The molecule has 0 saturated carbocycles. The summed E-state index contributed by atoms with van der Waals surface area (Å²) in [5.41, 5.74) is 0.834. The van der Waals surface area contributed by atoms with E-state index < -0.39 is 5.54 Å². The van der Waals surface area contributed by atoms with Crippen LogP contribution >= 0.6 is 0 Å². The first-order valence-electron chi connectivity index (χ1n) is 10.3. The standard InChI is InChI=1S/C22H29N3/c23-16-22(19-7-2-1-3-8-19)11-6-10-21-17-13-18(15-25(21)22)20-9-4-5-12-24(20)14-17/h1-3,7-8,17-18,20-21H,4-6,9-15H2/t17-,18-,20-,21+,22+/m0/s1. The second-order valence-electron chi connectivity index (χ2n) is 8.76. The molecule has 4 saturated heterocycles. The van der Waals surface area contributed by atoms with Gasteiger partial charge >= 0.3 is 0 Å². The minimum atomic E-state index is -0.391. The highest BCUT2D eigenvalue weighted by atomic mass is 15.3. The molecule has 3 nitrogen and oxygen atoms in total. The van der Waals surface area contributed by atoms with Gasteiger partial charge < -0.3 is 0 Å². The van der Waals surface area contributed by atoms with Crippen LogP contribution in [0.5, 0.6) is 0 Å². The molecule has 132 valence electrons. The van der Waals surface area contributed by atoms with Crippen molar-refractivity contribution in [2.45, 2.75) is 62.6 Å². The molecule has 25 heavy (non-hydrogen) atoms. The number of hydrogen-bond acceptors (Lipinski definition) is 3. The Morgan fingerprint density at radius 3 is 2.60 bits per heavy atom. The Hall–Kier alpha value is -1.37. The number of nitriles is 1. The van der Waals surface area contributed by atoms with Crippen LogP contribution in [0.4, 0.5) is 0 Å². The molecule has 0 amide bonds. The van der Waals surface area contributed by atoms with Gasteiger partial charge in [0.05, 0.1) is 6.07 Å². The van der Waals surface area contributed by atoms with E-state index in [0.717, 1.165) is 30.8 Å². The van der Waals surface area contributed by atoms with Crippen LogP contribution in [0.25, 0.3) is 0 Å². The lowest BCUT2D eigenvalue weighted by molar-refractivity contribution is -0.108. The summed E-state index contributed by atoms with van der Waals surface area (Å²) in [4.78, 5) is 5.47. The summed E-state index contributed by atoms with van der Waals surface area (Å²) in [5, 5.41) is 10.3. The summed E-state index contributed by atoms with van der Waals surface area (Å²) in [5.74, 6) is 1.54. The van der Waals surface area contributed by atoms with Crippen LogP contribution in [-0.2, 0) is 5.54 Å². The number of rotatable bonds is 1. The molecule has 0 aliphatic carbocycles. The van der Waals surface area contributed by atoms with Crippen LogP contribution in [0.2, 0.25) is 0 Å². The Morgan fingerprint density at radius 1 is 0.960 bits per heavy atom. The average molecular weight is 335 g/mol. The average Bonchev–Trinajstić information content (AvgIpc) is 2.68. The van der Waals surface area contributed by atoms with E-state index in [1.54, 1.807) is 0 Å². The molecule has 1 aromatic carbocycles. The molecule has 0 spiro atoms. The summed E-state index contributed by atoms with van der Waals surface area (Å²) in [7, 11) is 0. The molecular weight excluding hydrogens is 306 g/mol. The lowest BCUT2D eigenvalue weighted by Crippen LogP contribution is -2.67. The molecule has 0 N–H and O–H groups in total. The third-order valence-electron chi connectivity index (χ3n) is 7.62. The van der Waals surface area contributed by atoms with Gasteiger partial charge in [-0.25, -0.2) is 0 Å². The van der Waals surface area contributed by atoms with Crippen molar-refractivity contribution in [3.8, 4) is 6.07 Å². The molecule has 0 unspecified atom stereocenters. The van der Waals surface area contributed by atoms with Crippen LogP contribution < -0.4 is 0 Å². The second-order valence-corrected chi connectivity index (χ2v) is 8.76. The number of piperidine rings is 4. The van der Waals surface area contributed by atoms with Crippen molar-refractivity contribution < 1.29 is 0 Å². The van der Waals surface area contributed by atoms with Crippen molar-refractivity contribution in [2.24, 2.45) is 11.8 Å². The predicted molar refractivity (Wildman–Crippen MR) is 98.9 cm³/mol. The van der Waals surface area contributed by atoms with E-state index in [0.29, 0.717) is 6.04 Å². The third-order valence-corrected chi connectivity index (χ3v) is 7.62. The zero-order valence-electron chi connectivity index (χ0n) is 15.1. The third kappa shape index (κ3) is 2.38. The lowest BCUT2D eigenvalue weighted by atomic mass is 9.67. The van der Waals surface area contributed by atoms with Gasteiger partial charge in [0.15, 0.2) is 0 Å².